The summed E-state index contributed by atoms with van der Waals surface area (Å²) in [6.45, 7) is 2.17. The number of nitrogen functional groups attached to an aromatic ring is 1. The zero-order chi connectivity index (χ0) is 13.2. The van der Waals surface area contributed by atoms with Gasteiger partial charge in [-0.1, -0.05) is 0 Å². The zero-order valence-corrected chi connectivity index (χ0v) is 11.3. The Balaban J connectivity index is 1.75. The quantitative estimate of drug-likeness (QED) is 0.854. The van der Waals surface area contributed by atoms with Gasteiger partial charge in [0.05, 0.1) is 0 Å². The maximum atomic E-state index is 5.87. The second-order valence-corrected chi connectivity index (χ2v) is 5.17. The van der Waals surface area contributed by atoms with Gasteiger partial charge in [-0.3, -0.25) is 4.68 Å². The maximum absolute atomic E-state index is 5.87. The van der Waals surface area contributed by atoms with E-state index in [0.717, 1.165) is 31.6 Å². The summed E-state index contributed by atoms with van der Waals surface area (Å²) >= 11 is 0. The van der Waals surface area contributed by atoms with Crippen molar-refractivity contribution in [1.29, 1.82) is 0 Å². The number of hydrogen-bond acceptors (Lipinski definition) is 3. The van der Waals surface area contributed by atoms with E-state index in [-0.39, 0.29) is 0 Å². The first-order chi connectivity index (χ1) is 9.24. The summed E-state index contributed by atoms with van der Waals surface area (Å²) in [5.41, 5.74) is 10.8. The summed E-state index contributed by atoms with van der Waals surface area (Å²) in [5, 5.41) is 4.22. The number of rotatable bonds is 3. The first kappa shape index (κ1) is 12.1. The Morgan fingerprint density at radius 2 is 2.21 bits per heavy atom. The lowest BCUT2D eigenvalue weighted by Crippen LogP contribution is -2.31. The van der Waals surface area contributed by atoms with Gasteiger partial charge in [0, 0.05) is 49.8 Å². The molecule has 0 spiro atoms. The van der Waals surface area contributed by atoms with E-state index < -0.39 is 0 Å². The van der Waals surface area contributed by atoms with Crippen molar-refractivity contribution in [3.63, 3.8) is 0 Å². The maximum Gasteiger partial charge on any atom is 0.0492 e. The molecule has 0 saturated carbocycles. The van der Waals surface area contributed by atoms with E-state index >= 15 is 0 Å². The molecular weight excluding hydrogens is 236 g/mol. The number of benzene rings is 1. The molecule has 2 aromatic rings. The summed E-state index contributed by atoms with van der Waals surface area (Å²) in [6.07, 6.45) is 5.24. The SMILES string of the molecule is Cn1nccc1CCN1CCCc2cc(N)ccc21. The lowest BCUT2D eigenvalue weighted by molar-refractivity contribution is 0.656. The van der Waals surface area contributed by atoms with Crippen LogP contribution in [0.4, 0.5) is 11.4 Å². The van der Waals surface area contributed by atoms with Crippen LogP contribution in [0, 0.1) is 0 Å². The number of aryl methyl sites for hydroxylation is 2. The summed E-state index contributed by atoms with van der Waals surface area (Å²) in [4.78, 5) is 2.46. The molecule has 4 heteroatoms. The highest BCUT2D eigenvalue weighted by Crippen LogP contribution is 2.28. The molecule has 0 amide bonds. The van der Waals surface area contributed by atoms with Crippen molar-refractivity contribution in [2.24, 2.45) is 7.05 Å². The minimum absolute atomic E-state index is 0.868. The summed E-state index contributed by atoms with van der Waals surface area (Å²) < 4.78 is 1.95. The van der Waals surface area contributed by atoms with Crippen molar-refractivity contribution >= 4 is 11.4 Å². The molecule has 1 aromatic heterocycles. The van der Waals surface area contributed by atoms with E-state index in [9.17, 15) is 0 Å². The van der Waals surface area contributed by atoms with Crippen LogP contribution in [0.15, 0.2) is 30.5 Å². The number of aromatic nitrogens is 2. The first-order valence-electron chi connectivity index (χ1n) is 6.84. The molecule has 0 saturated heterocycles. The van der Waals surface area contributed by atoms with Crippen LogP contribution in [0.3, 0.4) is 0 Å². The lowest BCUT2D eigenvalue weighted by Gasteiger charge is -2.31. The van der Waals surface area contributed by atoms with Gasteiger partial charge in [0.25, 0.3) is 0 Å². The van der Waals surface area contributed by atoms with Crippen molar-refractivity contribution in [3.05, 3.63) is 41.7 Å². The number of fused-ring (bicyclic) bond motifs is 1. The van der Waals surface area contributed by atoms with Crippen molar-refractivity contribution in [2.45, 2.75) is 19.3 Å². The van der Waals surface area contributed by atoms with Crippen LogP contribution in [0.25, 0.3) is 0 Å². The van der Waals surface area contributed by atoms with E-state index in [0.29, 0.717) is 0 Å². The van der Waals surface area contributed by atoms with Crippen molar-refractivity contribution in [1.82, 2.24) is 9.78 Å². The molecule has 1 aliphatic heterocycles. The minimum atomic E-state index is 0.868. The average Bonchev–Trinajstić information content (AvgIpc) is 2.81. The highest BCUT2D eigenvalue weighted by Gasteiger charge is 2.16. The van der Waals surface area contributed by atoms with Gasteiger partial charge in [0.15, 0.2) is 0 Å². The van der Waals surface area contributed by atoms with Crippen LogP contribution in [0.1, 0.15) is 17.7 Å². The van der Waals surface area contributed by atoms with Gasteiger partial charge in [-0.05, 0) is 42.7 Å². The Bertz CT molecular complexity index is 573. The molecule has 0 atom stereocenters. The molecule has 0 radical (unpaired) electrons. The number of hydrogen-bond donors (Lipinski definition) is 1. The molecule has 3 rings (SSSR count). The van der Waals surface area contributed by atoms with Crippen LogP contribution < -0.4 is 10.6 Å². The van der Waals surface area contributed by atoms with Gasteiger partial charge in [0.1, 0.15) is 0 Å². The first-order valence-corrected chi connectivity index (χ1v) is 6.84. The summed E-state index contributed by atoms with van der Waals surface area (Å²) in [7, 11) is 2.00. The smallest absolute Gasteiger partial charge is 0.0492 e. The van der Waals surface area contributed by atoms with Crippen molar-refractivity contribution < 1.29 is 0 Å². The third-order valence-electron chi connectivity index (χ3n) is 3.88. The standard InChI is InChI=1S/C15H20N4/c1-18-14(6-8-17-18)7-10-19-9-2-3-12-11-13(16)4-5-15(12)19/h4-6,8,11H,2-3,7,9-10,16H2,1H3. The summed E-state index contributed by atoms with van der Waals surface area (Å²) in [5.74, 6) is 0. The Hall–Kier alpha value is -1.97. The third kappa shape index (κ3) is 2.43. The van der Waals surface area contributed by atoms with E-state index in [4.69, 9.17) is 5.73 Å². The van der Waals surface area contributed by atoms with Crippen LogP contribution in [0.2, 0.25) is 0 Å². The highest BCUT2D eigenvalue weighted by atomic mass is 15.3. The normalized spacial score (nSPS) is 14.5. The highest BCUT2D eigenvalue weighted by molar-refractivity contribution is 5.61. The van der Waals surface area contributed by atoms with Crippen LogP contribution >= 0.6 is 0 Å². The number of nitrogens with two attached hydrogens (primary N) is 1. The molecule has 0 fully saturated rings. The zero-order valence-electron chi connectivity index (χ0n) is 11.3. The van der Waals surface area contributed by atoms with Gasteiger partial charge >= 0.3 is 0 Å². The van der Waals surface area contributed by atoms with Crippen molar-refractivity contribution in [2.75, 3.05) is 23.7 Å². The molecule has 100 valence electrons. The fraction of sp³-hybridized carbons (Fsp3) is 0.400. The van der Waals surface area contributed by atoms with Gasteiger partial charge in [-0.25, -0.2) is 0 Å². The number of anilines is 2. The molecule has 4 nitrogen and oxygen atoms in total. The van der Waals surface area contributed by atoms with Crippen LogP contribution in [-0.4, -0.2) is 22.9 Å². The second-order valence-electron chi connectivity index (χ2n) is 5.17. The van der Waals surface area contributed by atoms with E-state index in [2.05, 4.69) is 28.2 Å². The van der Waals surface area contributed by atoms with Gasteiger partial charge in [-0.2, -0.15) is 5.10 Å². The fourth-order valence-corrected chi connectivity index (χ4v) is 2.82. The third-order valence-corrected chi connectivity index (χ3v) is 3.88. The lowest BCUT2D eigenvalue weighted by atomic mass is 10.0. The molecule has 2 heterocycles. The van der Waals surface area contributed by atoms with Gasteiger partial charge < -0.3 is 10.6 Å². The molecule has 0 unspecified atom stereocenters. The largest absolute Gasteiger partial charge is 0.399 e. The second kappa shape index (κ2) is 4.96. The topological polar surface area (TPSA) is 47.1 Å². The fourth-order valence-electron chi connectivity index (χ4n) is 2.82. The predicted molar refractivity (Wildman–Crippen MR) is 78.3 cm³/mol. The molecule has 1 aliphatic rings. The van der Waals surface area contributed by atoms with Gasteiger partial charge in [-0.15, -0.1) is 0 Å². The van der Waals surface area contributed by atoms with E-state index in [1.54, 1.807) is 0 Å². The number of nitrogens with zero attached hydrogens (tertiary/aromatic N) is 3. The van der Waals surface area contributed by atoms with Gasteiger partial charge in [0.2, 0.25) is 0 Å². The Labute approximate surface area is 113 Å². The Morgan fingerprint density at radius 1 is 1.32 bits per heavy atom. The average molecular weight is 256 g/mol. The predicted octanol–water partition coefficient (Wildman–Crippen LogP) is 2.00. The molecule has 1 aromatic carbocycles. The molecule has 0 aliphatic carbocycles. The summed E-state index contributed by atoms with van der Waals surface area (Å²) in [6, 6.07) is 8.37. The molecule has 0 bridgehead atoms. The minimum Gasteiger partial charge on any atom is -0.399 e. The molecule has 2 N–H and O–H groups in total. The Kier molecular flexibility index (Phi) is 3.15. The van der Waals surface area contributed by atoms with Crippen LogP contribution in [-0.2, 0) is 19.9 Å². The van der Waals surface area contributed by atoms with E-state index in [1.165, 1.54) is 23.4 Å². The molecule has 19 heavy (non-hydrogen) atoms. The Morgan fingerprint density at radius 3 is 3.00 bits per heavy atom. The van der Waals surface area contributed by atoms with Crippen LogP contribution in [0.5, 0.6) is 0 Å². The van der Waals surface area contributed by atoms with E-state index in [1.807, 2.05) is 24.0 Å². The van der Waals surface area contributed by atoms with Crippen molar-refractivity contribution in [3.8, 4) is 0 Å². The molecular formula is C15H20N4. The monoisotopic (exact) mass is 256 g/mol.